The van der Waals surface area contributed by atoms with Gasteiger partial charge in [-0.05, 0) is 74.5 Å². The minimum Gasteiger partial charge on any atom is -0.389 e. The first-order valence-corrected chi connectivity index (χ1v) is 10.9. The van der Waals surface area contributed by atoms with E-state index in [1.165, 1.54) is 38.5 Å². The van der Waals surface area contributed by atoms with Gasteiger partial charge in [0.25, 0.3) is 0 Å². The molecule has 0 amide bonds. The Morgan fingerprint density at radius 2 is 2.00 bits per heavy atom. The Hall–Kier alpha value is -0.670. The second kappa shape index (κ2) is 5.91. The van der Waals surface area contributed by atoms with Crippen LogP contribution in [0.3, 0.4) is 0 Å². The van der Waals surface area contributed by atoms with Crippen molar-refractivity contribution in [1.82, 2.24) is 4.90 Å². The fourth-order valence-corrected chi connectivity index (χ4v) is 7.87. The van der Waals surface area contributed by atoms with Gasteiger partial charge in [0, 0.05) is 18.0 Å². The molecule has 4 aliphatic carbocycles. The summed E-state index contributed by atoms with van der Waals surface area (Å²) in [5.41, 5.74) is 2.17. The zero-order valence-corrected chi connectivity index (χ0v) is 16.3. The van der Waals surface area contributed by atoms with Gasteiger partial charge in [-0.1, -0.05) is 37.6 Å². The summed E-state index contributed by atoms with van der Waals surface area (Å²) in [6.45, 7) is 5.66. The summed E-state index contributed by atoms with van der Waals surface area (Å²) in [6.07, 6.45) is 14.7. The molecule has 5 rings (SSSR count). The topological polar surface area (TPSA) is 23.5 Å². The van der Waals surface area contributed by atoms with Crippen LogP contribution in [-0.4, -0.2) is 35.0 Å². The summed E-state index contributed by atoms with van der Waals surface area (Å²) >= 11 is 0. The van der Waals surface area contributed by atoms with Gasteiger partial charge in [0.05, 0.1) is 0 Å². The van der Waals surface area contributed by atoms with E-state index >= 15 is 0 Å². The van der Waals surface area contributed by atoms with Crippen LogP contribution in [0.1, 0.15) is 65.2 Å². The highest BCUT2D eigenvalue weighted by molar-refractivity contribution is 5.31. The smallest absolute Gasteiger partial charge is 0.180 e. The molecule has 1 saturated heterocycles. The highest BCUT2D eigenvalue weighted by Crippen LogP contribution is 2.64. The number of allylic oxidation sites excluding steroid dienone is 4. The quantitative estimate of drug-likeness (QED) is 0.534. The second-order valence-corrected chi connectivity index (χ2v) is 10.2. The molecule has 26 heavy (non-hydrogen) atoms. The van der Waals surface area contributed by atoms with Gasteiger partial charge in [0.15, 0.2) is 6.30 Å². The van der Waals surface area contributed by atoms with Gasteiger partial charge >= 0.3 is 0 Å². The maximum atomic E-state index is 14.6. The Balaban J connectivity index is 1.44. The molecule has 0 aromatic carbocycles. The lowest BCUT2D eigenvalue weighted by atomic mass is 9.49. The summed E-state index contributed by atoms with van der Waals surface area (Å²) in [6, 6.07) is 0.320. The first-order chi connectivity index (χ1) is 12.4. The molecule has 2 nitrogen and oxygen atoms in total. The van der Waals surface area contributed by atoms with Crippen molar-refractivity contribution in [3.63, 3.8) is 0 Å². The molecule has 5 aliphatic rings. The normalized spacial score (nSPS) is 53.8. The van der Waals surface area contributed by atoms with Crippen molar-refractivity contribution in [3.05, 3.63) is 23.8 Å². The van der Waals surface area contributed by atoms with E-state index in [2.05, 4.69) is 32.1 Å². The first kappa shape index (κ1) is 17.4. The number of fused-ring (bicyclic) bond motifs is 5. The molecule has 0 aromatic rings. The molecule has 3 heteroatoms. The molecule has 0 spiro atoms. The summed E-state index contributed by atoms with van der Waals surface area (Å²) in [5.74, 6) is 2.23. The van der Waals surface area contributed by atoms with Crippen molar-refractivity contribution in [2.75, 3.05) is 6.54 Å². The van der Waals surface area contributed by atoms with E-state index in [1.54, 1.807) is 5.57 Å². The molecule has 1 N–H and O–H groups in total. The molecule has 8 atom stereocenters. The average Bonchev–Trinajstić information content (AvgIpc) is 3.14. The second-order valence-electron chi connectivity index (χ2n) is 10.2. The standard InChI is InChI=1S/C23H34FNO/c1-22-12-4-3-5-15(22)6-7-16-17-8-9-20(23(17,2)13-10-18(16)22)25-14-11-19(26)21(25)24/h4,6,12,16-21,26H,3,5,7-11,13-14H2,1-2H3/t16-,17-,18+,19?,20?,21?,22-,23-/m0/s1. The lowest BCUT2D eigenvalue weighted by Crippen LogP contribution is -2.54. The molecule has 2 saturated carbocycles. The lowest BCUT2D eigenvalue weighted by Gasteiger charge is -2.57. The number of rotatable bonds is 1. The zero-order chi connectivity index (χ0) is 18.1. The van der Waals surface area contributed by atoms with Gasteiger partial charge in [-0.25, -0.2) is 4.39 Å². The van der Waals surface area contributed by atoms with Crippen LogP contribution in [0.5, 0.6) is 0 Å². The van der Waals surface area contributed by atoms with E-state index in [4.69, 9.17) is 0 Å². The summed E-state index contributed by atoms with van der Waals surface area (Å²) < 4.78 is 14.6. The van der Waals surface area contributed by atoms with Crippen molar-refractivity contribution >= 4 is 0 Å². The third-order valence-corrected chi connectivity index (χ3v) is 9.25. The highest BCUT2D eigenvalue weighted by atomic mass is 19.1. The summed E-state index contributed by atoms with van der Waals surface area (Å²) in [7, 11) is 0. The number of hydrogen-bond donors (Lipinski definition) is 1. The summed E-state index contributed by atoms with van der Waals surface area (Å²) in [5, 5.41) is 9.93. The monoisotopic (exact) mass is 359 g/mol. The van der Waals surface area contributed by atoms with Crippen LogP contribution in [-0.2, 0) is 0 Å². The van der Waals surface area contributed by atoms with Crippen LogP contribution >= 0.6 is 0 Å². The highest BCUT2D eigenvalue weighted by Gasteiger charge is 2.60. The van der Waals surface area contributed by atoms with Gasteiger partial charge in [-0.15, -0.1) is 0 Å². The van der Waals surface area contributed by atoms with Gasteiger partial charge in [0.2, 0.25) is 0 Å². The predicted octanol–water partition coefficient (Wildman–Crippen LogP) is 4.85. The Labute approximate surface area is 157 Å². The molecule has 1 heterocycles. The van der Waals surface area contributed by atoms with E-state index in [-0.39, 0.29) is 10.8 Å². The molecule has 0 bridgehead atoms. The largest absolute Gasteiger partial charge is 0.389 e. The zero-order valence-electron chi connectivity index (χ0n) is 16.3. The number of aliphatic hydroxyl groups excluding tert-OH is 1. The average molecular weight is 360 g/mol. The van der Waals surface area contributed by atoms with Crippen LogP contribution < -0.4 is 0 Å². The van der Waals surface area contributed by atoms with Crippen LogP contribution in [0.2, 0.25) is 0 Å². The molecule has 3 fully saturated rings. The molecule has 0 aromatic heterocycles. The van der Waals surface area contributed by atoms with Crippen molar-refractivity contribution in [3.8, 4) is 0 Å². The van der Waals surface area contributed by atoms with Crippen LogP contribution in [0, 0.1) is 28.6 Å². The van der Waals surface area contributed by atoms with Crippen molar-refractivity contribution < 1.29 is 9.50 Å². The number of halogens is 1. The Morgan fingerprint density at radius 1 is 1.15 bits per heavy atom. The van der Waals surface area contributed by atoms with Gasteiger partial charge in [-0.3, -0.25) is 4.90 Å². The third-order valence-electron chi connectivity index (χ3n) is 9.25. The lowest BCUT2D eigenvalue weighted by molar-refractivity contribution is -0.0669. The number of alkyl halides is 1. The van der Waals surface area contributed by atoms with Crippen molar-refractivity contribution in [2.45, 2.75) is 83.7 Å². The maximum absolute atomic E-state index is 14.6. The fourth-order valence-electron chi connectivity index (χ4n) is 7.87. The van der Waals surface area contributed by atoms with Gasteiger partial charge in [0.1, 0.15) is 6.10 Å². The van der Waals surface area contributed by atoms with Crippen molar-refractivity contribution in [1.29, 1.82) is 0 Å². The molecule has 0 radical (unpaired) electrons. The molecular weight excluding hydrogens is 325 g/mol. The number of aliphatic hydroxyl groups is 1. The number of likely N-dealkylation sites (tertiary alicyclic amines) is 1. The number of hydrogen-bond acceptors (Lipinski definition) is 2. The van der Waals surface area contributed by atoms with Crippen LogP contribution in [0.4, 0.5) is 4.39 Å². The van der Waals surface area contributed by atoms with E-state index in [1.807, 2.05) is 4.90 Å². The van der Waals surface area contributed by atoms with E-state index in [0.29, 0.717) is 18.4 Å². The van der Waals surface area contributed by atoms with Gasteiger partial charge < -0.3 is 5.11 Å². The Morgan fingerprint density at radius 3 is 2.77 bits per heavy atom. The minimum atomic E-state index is -1.15. The van der Waals surface area contributed by atoms with E-state index in [9.17, 15) is 9.50 Å². The molecular formula is C23H34FNO. The third kappa shape index (κ3) is 2.22. The summed E-state index contributed by atoms with van der Waals surface area (Å²) in [4.78, 5) is 2.03. The van der Waals surface area contributed by atoms with E-state index in [0.717, 1.165) is 24.8 Å². The van der Waals surface area contributed by atoms with Crippen LogP contribution in [0.15, 0.2) is 23.8 Å². The Kier molecular flexibility index (Phi) is 3.96. The van der Waals surface area contributed by atoms with Crippen LogP contribution in [0.25, 0.3) is 0 Å². The SMILES string of the molecule is C[C@]12C=CCCC1=CC[C@@H]1[C@H]2CC[C@]2(C)C(N3CCC(O)C3F)CC[C@@H]12. The van der Waals surface area contributed by atoms with Crippen molar-refractivity contribution in [2.24, 2.45) is 28.6 Å². The molecule has 1 aliphatic heterocycles. The molecule has 3 unspecified atom stereocenters. The minimum absolute atomic E-state index is 0.218. The first-order valence-electron chi connectivity index (χ1n) is 10.9. The van der Waals surface area contributed by atoms with Gasteiger partial charge in [-0.2, -0.15) is 0 Å². The Bertz CT molecular complexity index is 644. The predicted molar refractivity (Wildman–Crippen MR) is 102 cm³/mol. The fraction of sp³-hybridized carbons (Fsp3) is 0.826. The maximum Gasteiger partial charge on any atom is 0.180 e. The molecule has 144 valence electrons. The van der Waals surface area contributed by atoms with E-state index < -0.39 is 12.4 Å². The number of nitrogens with zero attached hydrogens (tertiary/aromatic N) is 1.